The van der Waals surface area contributed by atoms with Crippen LogP contribution in [0.1, 0.15) is 123 Å². The molecule has 0 spiro atoms. The lowest BCUT2D eigenvalue weighted by Gasteiger charge is -2.36. The van der Waals surface area contributed by atoms with Crippen molar-refractivity contribution in [3.63, 3.8) is 0 Å². The first-order chi connectivity index (χ1) is 22.2. The molecule has 1 amide bonds. The summed E-state index contributed by atoms with van der Waals surface area (Å²) in [6.45, 7) is 28.9. The van der Waals surface area contributed by atoms with E-state index in [-0.39, 0.29) is 22.2 Å². The van der Waals surface area contributed by atoms with Crippen LogP contribution in [0, 0.1) is 0 Å². The van der Waals surface area contributed by atoms with Gasteiger partial charge in [-0.25, -0.2) is 0 Å². The number of anilines is 1. The number of amides is 1. The SMILES string of the molecule is CC(C)Sc1cccc(NC(=O)C(c2ccc(C(C)(C)C)cc2)(c2ccc(C(C)(C)C)cc2)c2ccc(C(C)(C)C)cc2)c1SC(C)C. The van der Waals surface area contributed by atoms with Gasteiger partial charge < -0.3 is 5.32 Å². The number of carbonyl (C=O) groups is 1. The van der Waals surface area contributed by atoms with Crippen LogP contribution in [0.3, 0.4) is 0 Å². The highest BCUT2D eigenvalue weighted by molar-refractivity contribution is 8.03. The lowest BCUT2D eigenvalue weighted by atomic mass is 9.67. The number of carbonyl (C=O) groups excluding carboxylic acids is 1. The fourth-order valence-corrected chi connectivity index (χ4v) is 8.16. The number of thioether (sulfide) groups is 2. The number of rotatable bonds is 9. The topological polar surface area (TPSA) is 29.1 Å². The minimum absolute atomic E-state index is 0.0103. The Kier molecular flexibility index (Phi) is 11.4. The van der Waals surface area contributed by atoms with Gasteiger partial charge in [0.1, 0.15) is 5.41 Å². The standard InChI is InChI=1S/C44H57NOS2/c1-29(2)47-38-16-14-15-37(39(38)48-30(3)4)45-40(46)44(34-23-17-31(18-24-34)41(5,6)7,35-25-19-32(20-26-35)42(8,9)10)36-27-21-33(22-28-36)43(11,12)13/h14-30H,1-13H3,(H,45,46). The minimum Gasteiger partial charge on any atom is -0.324 e. The van der Waals surface area contributed by atoms with Gasteiger partial charge in [0, 0.05) is 20.3 Å². The Labute approximate surface area is 300 Å². The average Bonchev–Trinajstić information content (AvgIpc) is 2.98. The van der Waals surface area contributed by atoms with Crippen molar-refractivity contribution >= 4 is 35.1 Å². The molecule has 48 heavy (non-hydrogen) atoms. The molecule has 0 saturated carbocycles. The molecule has 0 aliphatic carbocycles. The summed E-state index contributed by atoms with van der Waals surface area (Å²) in [4.78, 5) is 17.9. The fourth-order valence-electron chi connectivity index (χ4n) is 6.09. The van der Waals surface area contributed by atoms with Gasteiger partial charge in [0.25, 0.3) is 0 Å². The van der Waals surface area contributed by atoms with Crippen LogP contribution in [0.25, 0.3) is 0 Å². The molecular formula is C44H57NOS2. The van der Waals surface area contributed by atoms with Gasteiger partial charge in [-0.3, -0.25) is 4.79 Å². The highest BCUT2D eigenvalue weighted by Gasteiger charge is 2.45. The number of hydrogen-bond donors (Lipinski definition) is 1. The zero-order valence-corrected chi connectivity index (χ0v) is 33.2. The summed E-state index contributed by atoms with van der Waals surface area (Å²) < 4.78 is 0. The van der Waals surface area contributed by atoms with E-state index in [2.05, 4.69) is 186 Å². The van der Waals surface area contributed by atoms with E-state index < -0.39 is 5.41 Å². The molecule has 4 rings (SSSR count). The zero-order chi connectivity index (χ0) is 35.7. The maximum Gasteiger partial charge on any atom is 0.244 e. The minimum atomic E-state index is -1.11. The number of hydrogen-bond acceptors (Lipinski definition) is 3. The summed E-state index contributed by atoms with van der Waals surface area (Å²) in [7, 11) is 0. The highest BCUT2D eigenvalue weighted by Crippen LogP contribution is 2.45. The molecule has 4 heteroatoms. The molecule has 0 atom stereocenters. The van der Waals surface area contributed by atoms with Gasteiger partial charge >= 0.3 is 0 Å². The first-order valence-corrected chi connectivity index (χ1v) is 19.1. The molecule has 0 aliphatic heterocycles. The van der Waals surface area contributed by atoms with E-state index in [0.29, 0.717) is 10.5 Å². The van der Waals surface area contributed by atoms with Crippen molar-refractivity contribution in [1.29, 1.82) is 0 Å². The molecule has 0 bridgehead atoms. The summed E-state index contributed by atoms with van der Waals surface area (Å²) in [6.07, 6.45) is 0. The van der Waals surface area contributed by atoms with E-state index >= 15 is 4.79 Å². The quantitative estimate of drug-likeness (QED) is 0.141. The fraction of sp³-hybridized carbons (Fsp3) is 0.432. The van der Waals surface area contributed by atoms with Crippen molar-refractivity contribution < 1.29 is 4.79 Å². The average molecular weight is 680 g/mol. The molecule has 256 valence electrons. The Morgan fingerprint density at radius 1 is 0.500 bits per heavy atom. The van der Waals surface area contributed by atoms with Crippen LogP contribution in [0.5, 0.6) is 0 Å². The van der Waals surface area contributed by atoms with Crippen molar-refractivity contribution in [2.75, 3.05) is 5.32 Å². The smallest absolute Gasteiger partial charge is 0.244 e. The Morgan fingerprint density at radius 3 is 1.15 bits per heavy atom. The predicted octanol–water partition coefficient (Wildman–Crippen LogP) is 12.6. The van der Waals surface area contributed by atoms with Crippen molar-refractivity contribution in [1.82, 2.24) is 0 Å². The van der Waals surface area contributed by atoms with Crippen molar-refractivity contribution in [2.45, 2.75) is 132 Å². The molecule has 0 heterocycles. The Bertz CT molecular complexity index is 1540. The van der Waals surface area contributed by atoms with Crippen LogP contribution >= 0.6 is 23.5 Å². The second-order valence-corrected chi connectivity index (χ2v) is 19.9. The maximum atomic E-state index is 15.5. The molecule has 4 aromatic rings. The van der Waals surface area contributed by atoms with Gasteiger partial charge in [-0.2, -0.15) is 0 Å². The lowest BCUT2D eigenvalue weighted by molar-refractivity contribution is -0.119. The van der Waals surface area contributed by atoms with Crippen LogP contribution in [0.2, 0.25) is 0 Å². The normalized spacial score (nSPS) is 12.9. The monoisotopic (exact) mass is 679 g/mol. The maximum absolute atomic E-state index is 15.5. The van der Waals surface area contributed by atoms with Gasteiger partial charge in [0.15, 0.2) is 0 Å². The largest absolute Gasteiger partial charge is 0.324 e. The predicted molar refractivity (Wildman–Crippen MR) is 212 cm³/mol. The van der Waals surface area contributed by atoms with E-state index in [1.54, 1.807) is 0 Å². The number of nitrogens with one attached hydrogen (secondary N) is 1. The number of benzene rings is 4. The molecule has 0 aromatic heterocycles. The molecule has 4 aromatic carbocycles. The summed E-state index contributed by atoms with van der Waals surface area (Å²) in [6, 6.07) is 32.5. The Balaban J connectivity index is 2.05. The Hall–Kier alpha value is -2.95. The van der Waals surface area contributed by atoms with Crippen LogP contribution < -0.4 is 5.32 Å². The van der Waals surface area contributed by atoms with Gasteiger partial charge in [-0.05, 0) is 61.8 Å². The second-order valence-electron chi connectivity index (χ2n) is 16.7. The molecule has 1 N–H and O–H groups in total. The zero-order valence-electron chi connectivity index (χ0n) is 31.5. The van der Waals surface area contributed by atoms with Gasteiger partial charge in [-0.1, -0.05) is 169 Å². The van der Waals surface area contributed by atoms with E-state index in [1.165, 1.54) is 21.6 Å². The summed E-state index contributed by atoms with van der Waals surface area (Å²) in [5, 5.41) is 4.31. The van der Waals surface area contributed by atoms with Crippen LogP contribution in [0.4, 0.5) is 5.69 Å². The first kappa shape index (κ1) is 37.9. The third kappa shape index (κ3) is 8.43. The van der Waals surface area contributed by atoms with Gasteiger partial charge in [0.2, 0.25) is 5.91 Å². The summed E-state index contributed by atoms with van der Waals surface area (Å²) >= 11 is 3.66. The third-order valence-corrected chi connectivity index (χ3v) is 11.2. The highest BCUT2D eigenvalue weighted by atomic mass is 32.2. The van der Waals surface area contributed by atoms with Gasteiger partial charge in [-0.15, -0.1) is 23.5 Å². The molecule has 0 aliphatic rings. The van der Waals surface area contributed by atoms with E-state index in [9.17, 15) is 0 Å². The van der Waals surface area contributed by atoms with Crippen molar-refractivity contribution in [2.24, 2.45) is 0 Å². The molecule has 0 radical (unpaired) electrons. The molecule has 0 unspecified atom stereocenters. The first-order valence-electron chi connectivity index (χ1n) is 17.4. The summed E-state index contributed by atoms with van der Waals surface area (Å²) in [5.74, 6) is -0.0599. The van der Waals surface area contributed by atoms with Crippen molar-refractivity contribution in [3.05, 3.63) is 124 Å². The molecule has 0 saturated heterocycles. The molecular weight excluding hydrogens is 623 g/mol. The Morgan fingerprint density at radius 2 is 0.833 bits per heavy atom. The third-order valence-electron chi connectivity index (χ3n) is 8.84. The molecule has 0 fully saturated rings. The molecule has 2 nitrogen and oxygen atoms in total. The van der Waals surface area contributed by atoms with Crippen molar-refractivity contribution in [3.8, 4) is 0 Å². The van der Waals surface area contributed by atoms with E-state index in [4.69, 9.17) is 0 Å². The van der Waals surface area contributed by atoms with Gasteiger partial charge in [0.05, 0.1) is 5.69 Å². The second kappa shape index (κ2) is 14.5. The van der Waals surface area contributed by atoms with Crippen LogP contribution in [-0.4, -0.2) is 16.4 Å². The van der Waals surface area contributed by atoms with E-state index in [0.717, 1.165) is 27.3 Å². The van der Waals surface area contributed by atoms with E-state index in [1.807, 2.05) is 23.5 Å². The lowest BCUT2D eigenvalue weighted by Crippen LogP contribution is -2.43. The van der Waals surface area contributed by atoms with Crippen LogP contribution in [-0.2, 0) is 26.5 Å². The summed E-state index contributed by atoms with van der Waals surface area (Å²) in [5.41, 5.74) is 6.28. The van der Waals surface area contributed by atoms with Crippen LogP contribution in [0.15, 0.2) is 101 Å².